The molecule has 0 aliphatic rings. The third kappa shape index (κ3) is 0.406. The van der Waals surface area contributed by atoms with Gasteiger partial charge in [0.25, 0.3) is 0 Å². The maximum Gasteiger partial charge on any atom is 0.100 e. The van der Waals surface area contributed by atoms with Crippen molar-refractivity contribution in [3.8, 4) is 0 Å². The second-order valence-corrected chi connectivity index (χ2v) is 2.47. The highest BCUT2D eigenvalue weighted by Crippen LogP contribution is 2.16. The molecule has 39 valence electrons. The maximum absolute atomic E-state index is 3.09. The molecular weight excluding hydrogens is 118 g/mol. The summed E-state index contributed by atoms with van der Waals surface area (Å²) in [6.45, 7) is 0. The summed E-state index contributed by atoms with van der Waals surface area (Å²) >= 11 is 1.61. The first-order valence-corrected chi connectivity index (χ1v) is 3.21. The molecule has 2 aromatic heterocycles. The van der Waals surface area contributed by atoms with E-state index in [0.717, 1.165) is 0 Å². The van der Waals surface area contributed by atoms with E-state index in [1.165, 1.54) is 10.2 Å². The molecule has 1 radical (unpaired) electrons. The zero-order valence-corrected chi connectivity index (χ0v) is 4.96. The van der Waals surface area contributed by atoms with Gasteiger partial charge in [0.15, 0.2) is 0 Å². The zero-order valence-electron chi connectivity index (χ0n) is 4.14. The van der Waals surface area contributed by atoms with Gasteiger partial charge in [0.2, 0.25) is 0 Å². The lowest BCUT2D eigenvalue weighted by atomic mass is 10.4. The van der Waals surface area contributed by atoms with Gasteiger partial charge in [-0.15, -0.1) is 11.3 Å². The van der Waals surface area contributed by atoms with E-state index in [1.807, 2.05) is 18.3 Å². The molecular formula is C6H4NS. The highest BCUT2D eigenvalue weighted by atomic mass is 32.1. The molecule has 0 saturated carbocycles. The van der Waals surface area contributed by atoms with Crippen LogP contribution in [0.2, 0.25) is 0 Å². The molecule has 8 heavy (non-hydrogen) atoms. The van der Waals surface area contributed by atoms with Crippen LogP contribution in [0.3, 0.4) is 0 Å². The van der Waals surface area contributed by atoms with Crippen LogP contribution in [0.4, 0.5) is 0 Å². The summed E-state index contributed by atoms with van der Waals surface area (Å²) in [5.74, 6) is 0. The zero-order chi connectivity index (χ0) is 5.40. The van der Waals surface area contributed by atoms with Gasteiger partial charge in [-0.1, -0.05) is 0 Å². The number of H-pyrrole nitrogens is 1. The van der Waals surface area contributed by atoms with Gasteiger partial charge in [-0.3, -0.25) is 0 Å². The van der Waals surface area contributed by atoms with E-state index in [4.69, 9.17) is 0 Å². The van der Waals surface area contributed by atoms with Gasteiger partial charge in [0, 0.05) is 17.0 Å². The molecule has 1 nitrogen and oxygen atoms in total. The molecule has 0 fully saturated rings. The van der Waals surface area contributed by atoms with E-state index in [-0.39, 0.29) is 0 Å². The second kappa shape index (κ2) is 1.36. The molecule has 0 spiro atoms. The Kier molecular flexibility index (Phi) is 0.704. The standard InChI is InChI=1S/C6H4NS/c1-3-7-6-5(1)2-4-8-6/h1-3,7H. The van der Waals surface area contributed by atoms with Crippen molar-refractivity contribution in [3.63, 3.8) is 0 Å². The van der Waals surface area contributed by atoms with Crippen molar-refractivity contribution < 1.29 is 0 Å². The minimum absolute atomic E-state index is 1.21. The van der Waals surface area contributed by atoms with Crippen LogP contribution in [-0.4, -0.2) is 4.98 Å². The lowest BCUT2D eigenvalue weighted by Gasteiger charge is -1.66. The van der Waals surface area contributed by atoms with E-state index in [9.17, 15) is 0 Å². The van der Waals surface area contributed by atoms with Crippen LogP contribution in [0.15, 0.2) is 18.3 Å². The van der Waals surface area contributed by atoms with Gasteiger partial charge in [-0.25, -0.2) is 0 Å². The smallest absolute Gasteiger partial charge is 0.100 e. The first-order valence-electron chi connectivity index (χ1n) is 2.40. The molecule has 2 aromatic rings. The normalized spacial score (nSPS) is 10.5. The van der Waals surface area contributed by atoms with Gasteiger partial charge in [0.05, 0.1) is 0 Å². The lowest BCUT2D eigenvalue weighted by Crippen LogP contribution is -1.46. The van der Waals surface area contributed by atoms with Crippen molar-refractivity contribution in [1.82, 2.24) is 4.98 Å². The summed E-state index contributed by atoms with van der Waals surface area (Å²) in [7, 11) is 0. The molecule has 1 N–H and O–H groups in total. The first-order chi connectivity index (χ1) is 3.97. The predicted molar refractivity (Wildman–Crippen MR) is 35.0 cm³/mol. The quantitative estimate of drug-likeness (QED) is 0.550. The van der Waals surface area contributed by atoms with Gasteiger partial charge in [0.1, 0.15) is 4.83 Å². The van der Waals surface area contributed by atoms with E-state index >= 15 is 0 Å². The predicted octanol–water partition coefficient (Wildman–Crippen LogP) is 2.03. The Morgan fingerprint density at radius 3 is 3.50 bits per heavy atom. The fourth-order valence-corrected chi connectivity index (χ4v) is 1.40. The Bertz CT molecular complexity index is 230. The number of fused-ring (bicyclic) bond motifs is 1. The van der Waals surface area contributed by atoms with Crippen LogP contribution < -0.4 is 0 Å². The van der Waals surface area contributed by atoms with Crippen LogP contribution >= 0.6 is 11.3 Å². The molecule has 2 heteroatoms. The fraction of sp³-hybridized carbons (Fsp3) is 0. The van der Waals surface area contributed by atoms with Crippen LogP contribution in [0.5, 0.6) is 0 Å². The van der Waals surface area contributed by atoms with Crippen molar-refractivity contribution >= 4 is 21.6 Å². The third-order valence-corrected chi connectivity index (χ3v) is 1.91. The summed E-state index contributed by atoms with van der Waals surface area (Å²) in [5, 5.41) is 4.29. The molecule has 2 rings (SSSR count). The number of aromatic nitrogens is 1. The van der Waals surface area contributed by atoms with Crippen molar-refractivity contribution in [2.24, 2.45) is 0 Å². The highest BCUT2D eigenvalue weighted by molar-refractivity contribution is 7.16. The van der Waals surface area contributed by atoms with Gasteiger partial charge < -0.3 is 4.98 Å². The average Bonchev–Trinajstić information content (AvgIpc) is 2.15. The Labute approximate surface area is 51.0 Å². The molecule has 0 unspecified atom stereocenters. The first kappa shape index (κ1) is 4.15. The molecule has 0 atom stereocenters. The number of nitrogens with one attached hydrogen (secondary N) is 1. The molecule has 2 heterocycles. The van der Waals surface area contributed by atoms with Gasteiger partial charge in [-0.2, -0.15) is 0 Å². The average molecular weight is 122 g/mol. The summed E-state index contributed by atoms with van der Waals surface area (Å²) in [6, 6.07) is 4.03. The minimum Gasteiger partial charge on any atom is -0.353 e. The van der Waals surface area contributed by atoms with E-state index in [2.05, 4.69) is 10.4 Å². The second-order valence-electron chi connectivity index (χ2n) is 1.63. The summed E-state index contributed by atoms with van der Waals surface area (Å²) in [6.07, 6.45) is 1.94. The topological polar surface area (TPSA) is 15.8 Å². The molecule has 0 bridgehead atoms. The number of thiophene rings is 1. The number of rotatable bonds is 0. The van der Waals surface area contributed by atoms with Crippen molar-refractivity contribution in [2.45, 2.75) is 0 Å². The number of aromatic amines is 1. The van der Waals surface area contributed by atoms with E-state index in [1.54, 1.807) is 11.3 Å². The van der Waals surface area contributed by atoms with Crippen LogP contribution in [-0.2, 0) is 0 Å². The van der Waals surface area contributed by atoms with Gasteiger partial charge >= 0.3 is 0 Å². The number of hydrogen-bond donors (Lipinski definition) is 1. The maximum atomic E-state index is 3.09. The van der Waals surface area contributed by atoms with Crippen LogP contribution in [0.1, 0.15) is 0 Å². The van der Waals surface area contributed by atoms with Crippen LogP contribution in [0.25, 0.3) is 10.2 Å². The Hall–Kier alpha value is -0.760. The Morgan fingerprint density at radius 2 is 2.62 bits per heavy atom. The lowest BCUT2D eigenvalue weighted by molar-refractivity contribution is 1.51. The third-order valence-electron chi connectivity index (χ3n) is 1.11. The summed E-state index contributed by atoms with van der Waals surface area (Å²) in [5.41, 5.74) is 0. The Morgan fingerprint density at radius 1 is 1.62 bits per heavy atom. The molecule has 0 aromatic carbocycles. The van der Waals surface area contributed by atoms with Gasteiger partial charge in [-0.05, 0) is 12.1 Å². The molecule has 0 amide bonds. The minimum atomic E-state index is 1.21. The van der Waals surface area contributed by atoms with Crippen molar-refractivity contribution in [2.75, 3.05) is 0 Å². The van der Waals surface area contributed by atoms with Crippen molar-refractivity contribution in [3.05, 3.63) is 23.7 Å². The Balaban J connectivity index is 3.06. The van der Waals surface area contributed by atoms with Crippen LogP contribution in [0, 0.1) is 5.38 Å². The van der Waals surface area contributed by atoms with E-state index in [0.29, 0.717) is 0 Å². The summed E-state index contributed by atoms with van der Waals surface area (Å²) < 4.78 is 0. The SMILES string of the molecule is [c]1cc2cc[nH]c2s1. The number of hydrogen-bond acceptors (Lipinski definition) is 1. The highest BCUT2D eigenvalue weighted by Gasteiger charge is 1.90. The fourth-order valence-electron chi connectivity index (χ4n) is 0.720. The monoisotopic (exact) mass is 122 g/mol. The summed E-state index contributed by atoms with van der Waals surface area (Å²) in [4.78, 5) is 4.30. The molecule has 0 saturated heterocycles. The van der Waals surface area contributed by atoms with E-state index < -0.39 is 0 Å². The largest absolute Gasteiger partial charge is 0.353 e. The van der Waals surface area contributed by atoms with Crippen molar-refractivity contribution in [1.29, 1.82) is 0 Å². The molecule has 0 aliphatic carbocycles. The molecule has 0 aliphatic heterocycles.